The van der Waals surface area contributed by atoms with Crippen molar-refractivity contribution in [2.45, 2.75) is 10.0 Å². The molecule has 0 saturated heterocycles. The first-order chi connectivity index (χ1) is 11.6. The molecule has 3 rings (SSSR count). The summed E-state index contributed by atoms with van der Waals surface area (Å²) in [4.78, 5) is 12.9. The van der Waals surface area contributed by atoms with Crippen molar-refractivity contribution in [3.8, 4) is 23.0 Å². The number of carbonyl (C=O) groups excluding carboxylic acids is 1. The zero-order valence-corrected chi connectivity index (χ0v) is 15.7. The number of ether oxygens (including phenoxy) is 4. The molecule has 1 aliphatic rings. The fourth-order valence-electron chi connectivity index (χ4n) is 2.68. The van der Waals surface area contributed by atoms with Crippen LogP contribution in [0.5, 0.6) is 23.0 Å². The molecule has 2 aromatic rings. The summed E-state index contributed by atoms with van der Waals surface area (Å²) in [6.07, 6.45) is -0.381. The van der Waals surface area contributed by atoms with Crippen molar-refractivity contribution in [3.63, 3.8) is 0 Å². The summed E-state index contributed by atoms with van der Waals surface area (Å²) in [5.74, 6) is 2.26. The predicted molar refractivity (Wildman–Crippen MR) is 98.0 cm³/mol. The van der Waals surface area contributed by atoms with E-state index in [9.17, 15) is 4.79 Å². The minimum absolute atomic E-state index is 0.0165. The second kappa shape index (κ2) is 6.88. The first kappa shape index (κ1) is 16.9. The molecule has 126 valence electrons. The van der Waals surface area contributed by atoms with E-state index in [2.05, 4.69) is 22.6 Å². The van der Waals surface area contributed by atoms with Gasteiger partial charge in [-0.05, 0) is 17.7 Å². The van der Waals surface area contributed by atoms with E-state index in [1.807, 2.05) is 24.3 Å². The number of hydrogen-bond donors (Lipinski definition) is 0. The molecule has 0 aromatic heterocycles. The topological polar surface area (TPSA) is 54.0 Å². The third kappa shape index (κ3) is 2.90. The van der Waals surface area contributed by atoms with E-state index in [0.29, 0.717) is 22.8 Å². The van der Waals surface area contributed by atoms with Crippen LogP contribution < -0.4 is 18.9 Å². The van der Waals surface area contributed by atoms with E-state index in [-0.39, 0.29) is 15.8 Å². The molecular formula is C18H17IO5. The van der Waals surface area contributed by atoms with Crippen molar-refractivity contribution >= 4 is 28.4 Å². The molecular weight excluding hydrogens is 423 g/mol. The summed E-state index contributed by atoms with van der Waals surface area (Å²) >= 11 is 2.12. The van der Waals surface area contributed by atoms with Gasteiger partial charge in [0, 0.05) is 12.1 Å². The highest BCUT2D eigenvalue weighted by Crippen LogP contribution is 2.44. The summed E-state index contributed by atoms with van der Waals surface area (Å²) in [6.45, 7) is 0. The third-order valence-corrected chi connectivity index (χ3v) is 5.17. The second-order valence-electron chi connectivity index (χ2n) is 5.28. The first-order valence-corrected chi connectivity index (χ1v) is 8.58. The fraction of sp³-hybridized carbons (Fsp3) is 0.278. The quantitative estimate of drug-likeness (QED) is 0.535. The monoisotopic (exact) mass is 440 g/mol. The van der Waals surface area contributed by atoms with Crippen LogP contribution >= 0.6 is 22.6 Å². The molecule has 0 spiro atoms. The van der Waals surface area contributed by atoms with Gasteiger partial charge in [-0.25, -0.2) is 0 Å². The van der Waals surface area contributed by atoms with Crippen LogP contribution in [-0.2, 0) is 0 Å². The van der Waals surface area contributed by atoms with Crippen LogP contribution in [0.25, 0.3) is 0 Å². The van der Waals surface area contributed by atoms with Crippen molar-refractivity contribution in [3.05, 3.63) is 47.5 Å². The van der Waals surface area contributed by atoms with Gasteiger partial charge in [-0.15, -0.1) is 0 Å². The lowest BCUT2D eigenvalue weighted by Crippen LogP contribution is -2.32. The first-order valence-electron chi connectivity index (χ1n) is 7.34. The number of hydrogen-bond acceptors (Lipinski definition) is 5. The van der Waals surface area contributed by atoms with Gasteiger partial charge in [0.05, 0.1) is 21.3 Å². The number of alkyl halides is 1. The number of halogens is 1. The number of rotatable bonds is 4. The molecule has 1 heterocycles. The lowest BCUT2D eigenvalue weighted by molar-refractivity contribution is 0.0874. The maximum atomic E-state index is 12.9. The molecule has 1 aliphatic heterocycles. The Bertz CT molecular complexity index is 757. The molecule has 0 fully saturated rings. The standard InChI is InChI=1S/C18H17IO5/c1-21-11-6-4-10(5-7-11)18-16(19)17(20)15-13(23-3)8-12(22-2)9-14(15)24-18/h4-9,16,18H,1-3H3/t16-,18+/m0/s1. The molecule has 0 unspecified atom stereocenters. The predicted octanol–water partition coefficient (Wildman–Crippen LogP) is 3.83. The Labute approximate surface area is 154 Å². The highest BCUT2D eigenvalue weighted by atomic mass is 127. The third-order valence-electron chi connectivity index (χ3n) is 3.96. The Morgan fingerprint density at radius 1 is 0.958 bits per heavy atom. The average molecular weight is 440 g/mol. The van der Waals surface area contributed by atoms with Crippen LogP contribution in [0.2, 0.25) is 0 Å². The van der Waals surface area contributed by atoms with E-state index >= 15 is 0 Å². The lowest BCUT2D eigenvalue weighted by Gasteiger charge is -2.31. The van der Waals surface area contributed by atoms with E-state index in [0.717, 1.165) is 11.3 Å². The fourth-order valence-corrected chi connectivity index (χ4v) is 3.56. The molecule has 0 bridgehead atoms. The van der Waals surface area contributed by atoms with Crippen LogP contribution in [-0.4, -0.2) is 31.0 Å². The number of Topliss-reactive ketones (excluding diaryl/α,β-unsaturated/α-hetero) is 1. The van der Waals surface area contributed by atoms with Crippen LogP contribution in [0.4, 0.5) is 0 Å². The van der Waals surface area contributed by atoms with Crippen LogP contribution in [0, 0.1) is 0 Å². The summed E-state index contributed by atoms with van der Waals surface area (Å²) in [5.41, 5.74) is 1.37. The number of benzene rings is 2. The normalized spacial score (nSPS) is 19.2. The van der Waals surface area contributed by atoms with Gasteiger partial charge in [0.1, 0.15) is 38.6 Å². The molecule has 5 nitrogen and oxygen atoms in total. The number of ketones is 1. The van der Waals surface area contributed by atoms with Gasteiger partial charge < -0.3 is 18.9 Å². The van der Waals surface area contributed by atoms with E-state index in [1.165, 1.54) is 7.11 Å². The van der Waals surface area contributed by atoms with Gasteiger partial charge in [-0.2, -0.15) is 0 Å². The molecule has 0 amide bonds. The minimum Gasteiger partial charge on any atom is -0.497 e. The van der Waals surface area contributed by atoms with Crippen molar-refractivity contribution in [1.82, 2.24) is 0 Å². The van der Waals surface area contributed by atoms with Crippen molar-refractivity contribution in [2.24, 2.45) is 0 Å². The molecule has 2 aromatic carbocycles. The Morgan fingerprint density at radius 3 is 2.21 bits per heavy atom. The Balaban J connectivity index is 2.04. The summed E-state index contributed by atoms with van der Waals surface area (Å²) in [6, 6.07) is 10.9. The number of carbonyl (C=O) groups is 1. The molecule has 24 heavy (non-hydrogen) atoms. The number of methoxy groups -OCH3 is 3. The highest BCUT2D eigenvalue weighted by molar-refractivity contribution is 14.1. The van der Waals surface area contributed by atoms with Gasteiger partial charge in [-0.3, -0.25) is 4.79 Å². The van der Waals surface area contributed by atoms with Crippen LogP contribution in [0.15, 0.2) is 36.4 Å². The molecule has 0 aliphatic carbocycles. The molecule has 0 saturated carbocycles. The Hall–Kier alpha value is -1.96. The van der Waals surface area contributed by atoms with Crippen molar-refractivity contribution < 1.29 is 23.7 Å². The SMILES string of the molecule is COc1ccc([C@H]2Oc3cc(OC)cc(OC)c3C(=O)[C@@H]2I)cc1. The molecule has 0 radical (unpaired) electrons. The second-order valence-corrected chi connectivity index (χ2v) is 6.62. The van der Waals surface area contributed by atoms with Crippen molar-refractivity contribution in [2.75, 3.05) is 21.3 Å². The van der Waals surface area contributed by atoms with Gasteiger partial charge in [0.25, 0.3) is 0 Å². The van der Waals surface area contributed by atoms with Crippen LogP contribution in [0.3, 0.4) is 0 Å². The minimum atomic E-state index is -0.381. The average Bonchev–Trinajstić information content (AvgIpc) is 2.63. The lowest BCUT2D eigenvalue weighted by atomic mass is 9.95. The molecule has 2 atom stereocenters. The number of fused-ring (bicyclic) bond motifs is 1. The van der Waals surface area contributed by atoms with E-state index in [4.69, 9.17) is 18.9 Å². The Morgan fingerprint density at radius 2 is 1.62 bits per heavy atom. The highest BCUT2D eigenvalue weighted by Gasteiger charge is 2.39. The zero-order valence-electron chi connectivity index (χ0n) is 13.5. The van der Waals surface area contributed by atoms with Crippen LogP contribution in [0.1, 0.15) is 22.0 Å². The van der Waals surface area contributed by atoms with Gasteiger partial charge >= 0.3 is 0 Å². The molecule has 6 heteroatoms. The Kier molecular flexibility index (Phi) is 4.84. The summed E-state index contributed by atoms with van der Waals surface area (Å²) in [7, 11) is 4.71. The summed E-state index contributed by atoms with van der Waals surface area (Å²) in [5, 5.41) is 0. The van der Waals surface area contributed by atoms with Gasteiger partial charge in [0.2, 0.25) is 0 Å². The van der Waals surface area contributed by atoms with Crippen molar-refractivity contribution in [1.29, 1.82) is 0 Å². The summed E-state index contributed by atoms with van der Waals surface area (Å²) < 4.78 is 21.6. The molecule has 0 N–H and O–H groups in total. The van der Waals surface area contributed by atoms with Gasteiger partial charge in [0.15, 0.2) is 5.78 Å². The smallest absolute Gasteiger partial charge is 0.187 e. The largest absolute Gasteiger partial charge is 0.497 e. The van der Waals surface area contributed by atoms with E-state index < -0.39 is 0 Å². The van der Waals surface area contributed by atoms with Gasteiger partial charge in [-0.1, -0.05) is 34.7 Å². The maximum absolute atomic E-state index is 12.9. The maximum Gasteiger partial charge on any atom is 0.187 e. The zero-order chi connectivity index (χ0) is 17.3. The van der Waals surface area contributed by atoms with E-state index in [1.54, 1.807) is 26.4 Å².